The van der Waals surface area contributed by atoms with Gasteiger partial charge in [-0.1, -0.05) is 6.07 Å². The van der Waals surface area contributed by atoms with E-state index in [4.69, 9.17) is 10.00 Å². The van der Waals surface area contributed by atoms with Crippen LogP contribution < -0.4 is 0 Å². The molecule has 3 saturated heterocycles. The van der Waals surface area contributed by atoms with Crippen LogP contribution in [0.3, 0.4) is 0 Å². The van der Waals surface area contributed by atoms with Gasteiger partial charge in [-0.3, -0.25) is 14.5 Å². The first kappa shape index (κ1) is 19.9. The lowest BCUT2D eigenvalue weighted by atomic mass is 9.76. The molecule has 1 aromatic carbocycles. The second kappa shape index (κ2) is 8.13. The Morgan fingerprint density at radius 2 is 1.86 bits per heavy atom. The zero-order valence-corrected chi connectivity index (χ0v) is 17.0. The fraction of sp³-hybridized carbons (Fsp3) is 0.591. The maximum atomic E-state index is 13.0. The second-order valence-corrected chi connectivity index (χ2v) is 8.56. The molecule has 7 heteroatoms. The first-order valence-electron chi connectivity index (χ1n) is 10.4. The van der Waals surface area contributed by atoms with Gasteiger partial charge in [-0.2, -0.15) is 5.26 Å². The summed E-state index contributed by atoms with van der Waals surface area (Å²) >= 11 is 0. The summed E-state index contributed by atoms with van der Waals surface area (Å²) in [5.74, 6) is 0.212. The quantitative estimate of drug-likeness (QED) is 0.754. The minimum absolute atomic E-state index is 0.00996. The Balaban J connectivity index is 1.38. The molecule has 2 amide bonds. The number of nitrogens with zero attached hydrogens (tertiary/aromatic N) is 4. The van der Waals surface area contributed by atoms with Crippen LogP contribution in [0.15, 0.2) is 24.3 Å². The number of ether oxygens (including phenoxy) is 1. The number of likely N-dealkylation sites (tertiary alicyclic amines) is 2. The highest BCUT2D eigenvalue weighted by atomic mass is 16.5. The Labute approximate surface area is 171 Å². The average Bonchev–Trinajstić information content (AvgIpc) is 3.09. The molecule has 3 aliphatic rings. The van der Waals surface area contributed by atoms with Gasteiger partial charge in [-0.05, 0) is 49.9 Å². The van der Waals surface area contributed by atoms with Gasteiger partial charge in [0.15, 0.2) is 0 Å². The normalized spacial score (nSPS) is 24.5. The molecule has 0 aliphatic carbocycles. The molecule has 1 unspecified atom stereocenters. The van der Waals surface area contributed by atoms with Crippen molar-refractivity contribution in [1.29, 1.82) is 5.26 Å². The number of benzene rings is 1. The van der Waals surface area contributed by atoms with Crippen LogP contribution in [-0.4, -0.2) is 85.5 Å². The molecule has 4 rings (SSSR count). The zero-order valence-electron chi connectivity index (χ0n) is 17.0. The molecular weight excluding hydrogens is 368 g/mol. The highest BCUT2D eigenvalue weighted by Gasteiger charge is 2.48. The number of rotatable bonds is 2. The Bertz CT molecular complexity index is 820. The molecule has 0 radical (unpaired) electrons. The average molecular weight is 396 g/mol. The molecule has 0 aromatic heterocycles. The molecule has 0 N–H and O–H groups in total. The van der Waals surface area contributed by atoms with Crippen LogP contribution in [0.5, 0.6) is 0 Å². The summed E-state index contributed by atoms with van der Waals surface area (Å²) in [4.78, 5) is 31.9. The van der Waals surface area contributed by atoms with Crippen molar-refractivity contribution >= 4 is 11.8 Å². The van der Waals surface area contributed by atoms with E-state index < -0.39 is 0 Å². The molecular formula is C22H28N4O3. The van der Waals surface area contributed by atoms with Crippen LogP contribution in [0.4, 0.5) is 0 Å². The zero-order chi connectivity index (χ0) is 20.4. The second-order valence-electron chi connectivity index (χ2n) is 8.56. The van der Waals surface area contributed by atoms with Crippen LogP contribution in [0.1, 0.15) is 35.2 Å². The summed E-state index contributed by atoms with van der Waals surface area (Å²) in [6, 6.07) is 8.92. The molecule has 0 bridgehead atoms. The Morgan fingerprint density at radius 1 is 1.14 bits per heavy atom. The van der Waals surface area contributed by atoms with Gasteiger partial charge in [-0.25, -0.2) is 0 Å². The van der Waals surface area contributed by atoms with Crippen molar-refractivity contribution in [3.63, 3.8) is 0 Å². The third-order valence-electron chi connectivity index (χ3n) is 6.70. The van der Waals surface area contributed by atoms with Gasteiger partial charge in [0, 0.05) is 38.3 Å². The molecule has 154 valence electrons. The maximum absolute atomic E-state index is 13.0. The summed E-state index contributed by atoms with van der Waals surface area (Å²) in [5, 5.41) is 9.06. The van der Waals surface area contributed by atoms with Gasteiger partial charge >= 0.3 is 0 Å². The number of amides is 2. The summed E-state index contributed by atoms with van der Waals surface area (Å²) < 4.78 is 5.37. The molecule has 7 nitrogen and oxygen atoms in total. The fourth-order valence-electron chi connectivity index (χ4n) is 4.99. The highest BCUT2D eigenvalue weighted by Crippen LogP contribution is 2.43. The lowest BCUT2D eigenvalue weighted by Gasteiger charge is -2.39. The topological polar surface area (TPSA) is 76.9 Å². The van der Waals surface area contributed by atoms with Crippen molar-refractivity contribution in [3.05, 3.63) is 35.4 Å². The van der Waals surface area contributed by atoms with Gasteiger partial charge in [0.05, 0.1) is 30.9 Å². The number of nitriles is 1. The van der Waals surface area contributed by atoms with Gasteiger partial charge in [0.2, 0.25) is 5.91 Å². The third kappa shape index (κ3) is 4.00. The Morgan fingerprint density at radius 3 is 2.55 bits per heavy atom. The van der Waals surface area contributed by atoms with E-state index >= 15 is 0 Å². The first-order chi connectivity index (χ1) is 14.0. The maximum Gasteiger partial charge on any atom is 0.253 e. The number of carbonyl (C=O) groups excluding carboxylic acids is 2. The van der Waals surface area contributed by atoms with E-state index in [0.29, 0.717) is 50.5 Å². The largest absolute Gasteiger partial charge is 0.378 e. The van der Waals surface area contributed by atoms with Crippen LogP contribution in [0, 0.1) is 16.7 Å². The smallest absolute Gasteiger partial charge is 0.253 e. The van der Waals surface area contributed by atoms with E-state index in [-0.39, 0.29) is 23.3 Å². The van der Waals surface area contributed by atoms with Gasteiger partial charge in [-0.15, -0.1) is 0 Å². The lowest BCUT2D eigenvalue weighted by Crippen LogP contribution is -2.48. The van der Waals surface area contributed by atoms with E-state index in [1.807, 2.05) is 16.8 Å². The van der Waals surface area contributed by atoms with E-state index in [1.54, 1.807) is 24.3 Å². The Hall–Kier alpha value is -2.43. The van der Waals surface area contributed by atoms with Gasteiger partial charge < -0.3 is 14.5 Å². The fourth-order valence-corrected chi connectivity index (χ4v) is 4.99. The van der Waals surface area contributed by atoms with E-state index in [0.717, 1.165) is 25.8 Å². The number of hydrogen-bond acceptors (Lipinski definition) is 5. The van der Waals surface area contributed by atoms with E-state index in [2.05, 4.69) is 11.0 Å². The van der Waals surface area contributed by atoms with Crippen LogP contribution in [0.25, 0.3) is 0 Å². The Kier molecular flexibility index (Phi) is 5.57. The van der Waals surface area contributed by atoms with Crippen molar-refractivity contribution in [2.24, 2.45) is 5.41 Å². The molecule has 1 spiro atoms. The minimum atomic E-state index is -0.0670. The highest BCUT2D eigenvalue weighted by molar-refractivity contribution is 5.94. The molecule has 1 atom stereocenters. The number of morpholine rings is 1. The van der Waals surface area contributed by atoms with Crippen LogP contribution >= 0.6 is 0 Å². The van der Waals surface area contributed by atoms with Crippen molar-refractivity contribution in [1.82, 2.24) is 14.7 Å². The number of piperidine rings is 1. The predicted molar refractivity (Wildman–Crippen MR) is 107 cm³/mol. The standard InChI is InChI=1S/C22H28N4O3/c1-24-16-22(14-19(24)21(28)26-9-11-29-12-10-26)5-7-25(8-6-22)20(27)18-4-2-3-17(13-18)15-23/h2-4,13,19H,5-12,14,16H2,1H3. The minimum Gasteiger partial charge on any atom is -0.378 e. The molecule has 29 heavy (non-hydrogen) atoms. The van der Waals surface area contributed by atoms with Gasteiger partial charge in [0.1, 0.15) is 0 Å². The number of carbonyl (C=O) groups is 2. The number of hydrogen-bond donors (Lipinski definition) is 0. The van der Waals surface area contributed by atoms with Crippen molar-refractivity contribution in [2.75, 3.05) is 53.0 Å². The molecule has 3 heterocycles. The third-order valence-corrected chi connectivity index (χ3v) is 6.70. The van der Waals surface area contributed by atoms with Crippen molar-refractivity contribution < 1.29 is 14.3 Å². The molecule has 3 aliphatic heterocycles. The van der Waals surface area contributed by atoms with Crippen LogP contribution in [-0.2, 0) is 9.53 Å². The van der Waals surface area contributed by atoms with Crippen LogP contribution in [0.2, 0.25) is 0 Å². The summed E-state index contributed by atoms with van der Waals surface area (Å²) in [5.41, 5.74) is 1.18. The number of likely N-dealkylation sites (N-methyl/N-ethyl adjacent to an activating group) is 1. The SMILES string of the molecule is CN1CC2(CCN(C(=O)c3cccc(C#N)c3)CC2)CC1C(=O)N1CCOCC1. The first-order valence-corrected chi connectivity index (χ1v) is 10.4. The molecule has 3 fully saturated rings. The van der Waals surface area contributed by atoms with E-state index in [9.17, 15) is 9.59 Å². The monoisotopic (exact) mass is 396 g/mol. The lowest BCUT2D eigenvalue weighted by molar-refractivity contribution is -0.139. The van der Waals surface area contributed by atoms with Crippen molar-refractivity contribution in [2.45, 2.75) is 25.3 Å². The van der Waals surface area contributed by atoms with Crippen molar-refractivity contribution in [3.8, 4) is 6.07 Å². The summed E-state index contributed by atoms with van der Waals surface area (Å²) in [6.45, 7) is 4.90. The molecule has 1 aromatic rings. The van der Waals surface area contributed by atoms with E-state index in [1.165, 1.54) is 0 Å². The summed E-state index contributed by atoms with van der Waals surface area (Å²) in [6.07, 6.45) is 2.69. The summed E-state index contributed by atoms with van der Waals surface area (Å²) in [7, 11) is 2.04. The van der Waals surface area contributed by atoms with Gasteiger partial charge in [0.25, 0.3) is 5.91 Å². The molecule has 0 saturated carbocycles. The predicted octanol–water partition coefficient (Wildman–Crippen LogP) is 1.34.